The Morgan fingerprint density at radius 1 is 0.806 bits per heavy atom. The molecule has 8 heteroatoms. The molecule has 1 fully saturated rings. The Balaban J connectivity index is 1.23. The third-order valence-corrected chi connectivity index (χ3v) is 4.86. The summed E-state index contributed by atoms with van der Waals surface area (Å²) in [4.78, 5) is 36.9. The number of esters is 1. The SMILES string of the molecule is O=C(OCC(=O)N1CCN(c2ncccn2)CC1)c1ccc(Oc2ccccc2)cc1. The number of benzene rings is 2. The molecule has 0 saturated carbocycles. The van der Waals surface area contributed by atoms with Crippen molar-refractivity contribution >= 4 is 17.8 Å². The number of amides is 1. The van der Waals surface area contributed by atoms with Gasteiger partial charge in [-0.3, -0.25) is 4.79 Å². The van der Waals surface area contributed by atoms with Crippen LogP contribution >= 0.6 is 0 Å². The highest BCUT2D eigenvalue weighted by molar-refractivity contribution is 5.91. The minimum absolute atomic E-state index is 0.217. The Morgan fingerprint density at radius 3 is 2.13 bits per heavy atom. The second-order valence-electron chi connectivity index (χ2n) is 6.93. The molecule has 1 aliphatic rings. The van der Waals surface area contributed by atoms with Crippen LogP contribution in [0.3, 0.4) is 0 Å². The first-order chi connectivity index (χ1) is 15.2. The molecular formula is C23H22N4O4. The van der Waals surface area contributed by atoms with Crippen LogP contribution in [0.15, 0.2) is 73.1 Å². The number of para-hydroxylation sites is 1. The summed E-state index contributed by atoms with van der Waals surface area (Å²) in [5.41, 5.74) is 0.360. The van der Waals surface area contributed by atoms with E-state index >= 15 is 0 Å². The number of anilines is 1. The second kappa shape index (κ2) is 9.71. The zero-order valence-electron chi connectivity index (χ0n) is 16.9. The lowest BCUT2D eigenvalue weighted by atomic mass is 10.2. The number of carbonyl (C=O) groups is 2. The van der Waals surface area contributed by atoms with Crippen molar-refractivity contribution in [1.29, 1.82) is 0 Å². The van der Waals surface area contributed by atoms with Crippen LogP contribution in [0.5, 0.6) is 11.5 Å². The van der Waals surface area contributed by atoms with Gasteiger partial charge in [0.05, 0.1) is 5.56 Å². The molecule has 4 rings (SSSR count). The number of nitrogens with zero attached hydrogens (tertiary/aromatic N) is 4. The van der Waals surface area contributed by atoms with Crippen molar-refractivity contribution in [3.8, 4) is 11.5 Å². The van der Waals surface area contributed by atoms with Gasteiger partial charge in [0.2, 0.25) is 5.95 Å². The molecule has 1 aliphatic heterocycles. The fourth-order valence-electron chi connectivity index (χ4n) is 3.20. The summed E-state index contributed by atoms with van der Waals surface area (Å²) >= 11 is 0. The molecule has 2 aromatic carbocycles. The largest absolute Gasteiger partial charge is 0.457 e. The summed E-state index contributed by atoms with van der Waals surface area (Å²) in [6.07, 6.45) is 3.39. The zero-order valence-corrected chi connectivity index (χ0v) is 16.9. The van der Waals surface area contributed by atoms with Crippen LogP contribution in [0, 0.1) is 0 Å². The maximum absolute atomic E-state index is 12.4. The molecule has 1 aromatic heterocycles. The van der Waals surface area contributed by atoms with E-state index in [2.05, 4.69) is 9.97 Å². The quantitative estimate of drug-likeness (QED) is 0.569. The van der Waals surface area contributed by atoms with Crippen molar-refractivity contribution in [1.82, 2.24) is 14.9 Å². The standard InChI is InChI=1S/C23H22N4O4/c28-21(26-13-15-27(16-14-26)23-24-11-4-12-25-23)17-30-22(29)18-7-9-20(10-8-18)31-19-5-2-1-3-6-19/h1-12H,13-17H2. The lowest BCUT2D eigenvalue weighted by Crippen LogP contribution is -2.50. The Labute approximate surface area is 180 Å². The van der Waals surface area contributed by atoms with Gasteiger partial charge in [0.15, 0.2) is 6.61 Å². The van der Waals surface area contributed by atoms with E-state index in [0.29, 0.717) is 49.2 Å². The molecule has 3 aromatic rings. The molecule has 0 atom stereocenters. The third-order valence-electron chi connectivity index (χ3n) is 4.86. The van der Waals surface area contributed by atoms with Crippen molar-refractivity contribution in [2.24, 2.45) is 0 Å². The van der Waals surface area contributed by atoms with E-state index in [9.17, 15) is 9.59 Å². The monoisotopic (exact) mass is 418 g/mol. The molecule has 158 valence electrons. The molecule has 8 nitrogen and oxygen atoms in total. The summed E-state index contributed by atoms with van der Waals surface area (Å²) in [6.45, 7) is 2.03. The molecule has 0 bridgehead atoms. The van der Waals surface area contributed by atoms with Crippen LogP contribution in [0.1, 0.15) is 10.4 Å². The fraction of sp³-hybridized carbons (Fsp3) is 0.217. The smallest absolute Gasteiger partial charge is 0.338 e. The van der Waals surface area contributed by atoms with E-state index in [4.69, 9.17) is 9.47 Å². The van der Waals surface area contributed by atoms with E-state index in [1.54, 1.807) is 47.6 Å². The fourth-order valence-corrected chi connectivity index (χ4v) is 3.20. The lowest BCUT2D eigenvalue weighted by molar-refractivity contribution is -0.134. The molecule has 31 heavy (non-hydrogen) atoms. The van der Waals surface area contributed by atoms with Crippen LogP contribution in [0.25, 0.3) is 0 Å². The molecule has 0 radical (unpaired) electrons. The number of piperazine rings is 1. The van der Waals surface area contributed by atoms with Gasteiger partial charge in [0.25, 0.3) is 5.91 Å². The number of ether oxygens (including phenoxy) is 2. The van der Waals surface area contributed by atoms with Crippen molar-refractivity contribution in [3.63, 3.8) is 0 Å². The number of hydrogen-bond donors (Lipinski definition) is 0. The first-order valence-electron chi connectivity index (χ1n) is 9.99. The highest BCUT2D eigenvalue weighted by Gasteiger charge is 2.23. The van der Waals surface area contributed by atoms with Gasteiger partial charge in [0.1, 0.15) is 11.5 Å². The number of carbonyl (C=O) groups excluding carboxylic acids is 2. The van der Waals surface area contributed by atoms with Gasteiger partial charge in [0, 0.05) is 38.6 Å². The number of rotatable bonds is 6. The first kappa shape index (κ1) is 20.3. The maximum atomic E-state index is 12.4. The normalized spacial score (nSPS) is 13.5. The summed E-state index contributed by atoms with van der Waals surface area (Å²) in [6, 6.07) is 17.7. The van der Waals surface area contributed by atoms with Crippen molar-refractivity contribution in [2.45, 2.75) is 0 Å². The summed E-state index contributed by atoms with van der Waals surface area (Å²) in [7, 11) is 0. The Hall–Kier alpha value is -3.94. The third kappa shape index (κ3) is 5.36. The zero-order chi connectivity index (χ0) is 21.5. The predicted molar refractivity (Wildman–Crippen MR) is 114 cm³/mol. The number of aromatic nitrogens is 2. The second-order valence-corrected chi connectivity index (χ2v) is 6.93. The van der Waals surface area contributed by atoms with E-state index in [1.807, 2.05) is 35.2 Å². The van der Waals surface area contributed by atoms with Crippen LogP contribution in [0.4, 0.5) is 5.95 Å². The molecule has 0 spiro atoms. The average Bonchev–Trinajstić information content (AvgIpc) is 2.84. The van der Waals surface area contributed by atoms with Gasteiger partial charge in [-0.1, -0.05) is 18.2 Å². The molecule has 1 saturated heterocycles. The minimum atomic E-state index is -0.545. The van der Waals surface area contributed by atoms with E-state index < -0.39 is 5.97 Å². The molecule has 1 amide bonds. The van der Waals surface area contributed by atoms with Gasteiger partial charge in [-0.05, 0) is 42.5 Å². The van der Waals surface area contributed by atoms with Gasteiger partial charge in [-0.15, -0.1) is 0 Å². The van der Waals surface area contributed by atoms with Gasteiger partial charge in [-0.25, -0.2) is 14.8 Å². The predicted octanol–water partition coefficient (Wildman–Crippen LogP) is 2.77. The highest BCUT2D eigenvalue weighted by Crippen LogP contribution is 2.21. The lowest BCUT2D eigenvalue weighted by Gasteiger charge is -2.34. The highest BCUT2D eigenvalue weighted by atomic mass is 16.5. The minimum Gasteiger partial charge on any atom is -0.457 e. The molecule has 0 unspecified atom stereocenters. The Morgan fingerprint density at radius 2 is 1.45 bits per heavy atom. The van der Waals surface area contributed by atoms with E-state index in [1.165, 1.54) is 0 Å². The van der Waals surface area contributed by atoms with Gasteiger partial charge >= 0.3 is 5.97 Å². The summed E-state index contributed by atoms with van der Waals surface area (Å²) in [5, 5.41) is 0. The Bertz CT molecular complexity index is 1000. The van der Waals surface area contributed by atoms with Crippen LogP contribution in [-0.2, 0) is 9.53 Å². The van der Waals surface area contributed by atoms with Crippen LogP contribution in [-0.4, -0.2) is 59.5 Å². The summed E-state index contributed by atoms with van der Waals surface area (Å²) < 4.78 is 10.9. The van der Waals surface area contributed by atoms with Crippen molar-refractivity contribution < 1.29 is 19.1 Å². The average molecular weight is 418 g/mol. The van der Waals surface area contributed by atoms with Gasteiger partial charge < -0.3 is 19.3 Å². The molecular weight excluding hydrogens is 396 g/mol. The first-order valence-corrected chi connectivity index (χ1v) is 9.99. The number of hydrogen-bond acceptors (Lipinski definition) is 7. The summed E-state index contributed by atoms with van der Waals surface area (Å²) in [5.74, 6) is 1.21. The van der Waals surface area contributed by atoms with Crippen molar-refractivity contribution in [3.05, 3.63) is 78.6 Å². The van der Waals surface area contributed by atoms with E-state index in [-0.39, 0.29) is 12.5 Å². The Kier molecular flexibility index (Phi) is 6.37. The van der Waals surface area contributed by atoms with Crippen LogP contribution in [0.2, 0.25) is 0 Å². The maximum Gasteiger partial charge on any atom is 0.338 e. The molecule has 0 aliphatic carbocycles. The molecule has 0 N–H and O–H groups in total. The van der Waals surface area contributed by atoms with Crippen LogP contribution < -0.4 is 9.64 Å². The van der Waals surface area contributed by atoms with Crippen molar-refractivity contribution in [2.75, 3.05) is 37.7 Å². The molecule has 2 heterocycles. The topological polar surface area (TPSA) is 84.9 Å². The van der Waals surface area contributed by atoms with E-state index in [0.717, 1.165) is 0 Å². The van der Waals surface area contributed by atoms with Gasteiger partial charge in [-0.2, -0.15) is 0 Å².